The third-order valence-electron chi connectivity index (χ3n) is 6.35. The average Bonchev–Trinajstić information content (AvgIpc) is 3.03. The van der Waals surface area contributed by atoms with Crippen LogP contribution in [0.5, 0.6) is 0 Å². The Hall–Kier alpha value is -2.99. The lowest BCUT2D eigenvalue weighted by atomic mass is 10.0. The van der Waals surface area contributed by atoms with Gasteiger partial charge in [0.25, 0.3) is 11.8 Å². The molecule has 4 rings (SSSR count). The van der Waals surface area contributed by atoms with Crippen LogP contribution in [0.4, 0.5) is 0 Å². The fraction of sp³-hybridized carbons (Fsp3) is 0.400. The first-order chi connectivity index (χ1) is 15.0. The Morgan fingerprint density at radius 1 is 0.968 bits per heavy atom. The van der Waals surface area contributed by atoms with E-state index < -0.39 is 0 Å². The van der Waals surface area contributed by atoms with Gasteiger partial charge >= 0.3 is 0 Å². The number of imide groups is 1. The summed E-state index contributed by atoms with van der Waals surface area (Å²) in [5, 5.41) is 2.96. The summed E-state index contributed by atoms with van der Waals surface area (Å²) in [7, 11) is 0. The smallest absolute Gasteiger partial charge is 0.261 e. The lowest BCUT2D eigenvalue weighted by Crippen LogP contribution is -2.37. The minimum atomic E-state index is -0.325. The van der Waals surface area contributed by atoms with Crippen molar-refractivity contribution in [3.05, 3.63) is 70.8 Å². The van der Waals surface area contributed by atoms with Gasteiger partial charge in [0.1, 0.15) is 0 Å². The van der Waals surface area contributed by atoms with Crippen LogP contribution in [0.3, 0.4) is 0 Å². The molecule has 6 nitrogen and oxygen atoms in total. The van der Waals surface area contributed by atoms with Gasteiger partial charge in [0, 0.05) is 32.1 Å². The van der Waals surface area contributed by atoms with E-state index in [1.54, 1.807) is 24.3 Å². The van der Waals surface area contributed by atoms with E-state index in [4.69, 9.17) is 0 Å². The summed E-state index contributed by atoms with van der Waals surface area (Å²) in [4.78, 5) is 41.0. The van der Waals surface area contributed by atoms with Crippen LogP contribution in [0.25, 0.3) is 0 Å². The lowest BCUT2D eigenvalue weighted by molar-refractivity contribution is -0.121. The Labute approximate surface area is 183 Å². The highest BCUT2D eigenvalue weighted by molar-refractivity contribution is 6.21. The molecule has 0 saturated carbocycles. The predicted molar refractivity (Wildman–Crippen MR) is 118 cm³/mol. The third kappa shape index (κ3) is 4.69. The third-order valence-corrected chi connectivity index (χ3v) is 6.35. The largest absolute Gasteiger partial charge is 0.352 e. The SMILES string of the molecule is C[C@@H]1CCCCN1Cc1ccccc1CNC(=O)CCN1C(=O)c2ccccc2C1=O. The Kier molecular flexibility index (Phi) is 6.47. The van der Waals surface area contributed by atoms with Gasteiger partial charge in [-0.3, -0.25) is 24.2 Å². The summed E-state index contributed by atoms with van der Waals surface area (Å²) in [5.74, 6) is -0.818. The molecule has 0 radical (unpaired) electrons. The molecule has 0 aromatic heterocycles. The second-order valence-corrected chi connectivity index (χ2v) is 8.42. The maximum absolute atomic E-state index is 12.4. The summed E-state index contributed by atoms with van der Waals surface area (Å²) in [6, 6.07) is 15.6. The monoisotopic (exact) mass is 419 g/mol. The van der Waals surface area contributed by atoms with Gasteiger partial charge in [-0.2, -0.15) is 0 Å². The number of nitrogens with one attached hydrogen (secondary N) is 1. The number of piperidine rings is 1. The van der Waals surface area contributed by atoms with E-state index >= 15 is 0 Å². The molecular formula is C25H29N3O3. The highest BCUT2D eigenvalue weighted by Crippen LogP contribution is 2.23. The molecule has 1 N–H and O–H groups in total. The molecule has 6 heteroatoms. The summed E-state index contributed by atoms with van der Waals surface area (Å²) >= 11 is 0. The van der Waals surface area contributed by atoms with Crippen molar-refractivity contribution in [2.75, 3.05) is 13.1 Å². The van der Waals surface area contributed by atoms with Crippen molar-refractivity contribution >= 4 is 17.7 Å². The van der Waals surface area contributed by atoms with Gasteiger partial charge in [0.2, 0.25) is 5.91 Å². The van der Waals surface area contributed by atoms with Crippen molar-refractivity contribution in [1.29, 1.82) is 0 Å². The highest BCUT2D eigenvalue weighted by atomic mass is 16.2. The van der Waals surface area contributed by atoms with Crippen molar-refractivity contribution in [1.82, 2.24) is 15.1 Å². The van der Waals surface area contributed by atoms with E-state index in [9.17, 15) is 14.4 Å². The molecule has 2 aliphatic rings. The first-order valence-electron chi connectivity index (χ1n) is 11.1. The standard InChI is InChI=1S/C25H29N3O3/c1-18-8-6-7-14-27(18)17-20-10-3-2-9-19(20)16-26-23(29)13-15-28-24(30)21-11-4-5-12-22(21)25(28)31/h2-5,9-12,18H,6-8,13-17H2,1H3,(H,26,29)/t18-/m1/s1. The number of amides is 3. The van der Waals surface area contributed by atoms with Crippen LogP contribution in [0, 0.1) is 0 Å². The number of nitrogens with zero attached hydrogens (tertiary/aromatic N) is 2. The maximum atomic E-state index is 12.4. The normalized spacial score (nSPS) is 18.9. The fourth-order valence-electron chi connectivity index (χ4n) is 4.43. The van der Waals surface area contributed by atoms with E-state index in [1.165, 1.54) is 24.8 Å². The van der Waals surface area contributed by atoms with Crippen LogP contribution in [0.1, 0.15) is 64.4 Å². The molecule has 1 saturated heterocycles. The quantitative estimate of drug-likeness (QED) is 0.699. The van der Waals surface area contributed by atoms with Gasteiger partial charge < -0.3 is 5.32 Å². The maximum Gasteiger partial charge on any atom is 0.261 e. The van der Waals surface area contributed by atoms with Gasteiger partial charge in [-0.1, -0.05) is 42.8 Å². The summed E-state index contributed by atoms with van der Waals surface area (Å²) in [5.41, 5.74) is 3.16. The van der Waals surface area contributed by atoms with Crippen molar-refractivity contribution in [2.45, 2.75) is 51.7 Å². The van der Waals surface area contributed by atoms with Gasteiger partial charge in [0.05, 0.1) is 11.1 Å². The van der Waals surface area contributed by atoms with Crippen LogP contribution in [-0.4, -0.2) is 46.7 Å². The van der Waals surface area contributed by atoms with E-state index in [2.05, 4.69) is 23.2 Å². The second-order valence-electron chi connectivity index (χ2n) is 8.42. The zero-order chi connectivity index (χ0) is 21.8. The molecule has 2 aliphatic heterocycles. The summed E-state index contributed by atoms with van der Waals surface area (Å²) in [6.45, 7) is 4.82. The summed E-state index contributed by atoms with van der Waals surface area (Å²) in [6.07, 6.45) is 3.86. The van der Waals surface area contributed by atoms with Crippen LogP contribution in [0.15, 0.2) is 48.5 Å². The molecule has 2 aromatic carbocycles. The van der Waals surface area contributed by atoms with Crippen LogP contribution in [-0.2, 0) is 17.9 Å². The zero-order valence-corrected chi connectivity index (χ0v) is 18.0. The minimum Gasteiger partial charge on any atom is -0.352 e. The Morgan fingerprint density at radius 3 is 2.29 bits per heavy atom. The molecule has 31 heavy (non-hydrogen) atoms. The van der Waals surface area contributed by atoms with Crippen LogP contribution < -0.4 is 5.32 Å². The molecule has 0 unspecified atom stereocenters. The van der Waals surface area contributed by atoms with Crippen molar-refractivity contribution in [3.8, 4) is 0 Å². The molecular weight excluding hydrogens is 390 g/mol. The number of fused-ring (bicyclic) bond motifs is 1. The number of carbonyl (C=O) groups is 3. The second kappa shape index (κ2) is 9.43. The van der Waals surface area contributed by atoms with E-state index in [-0.39, 0.29) is 30.7 Å². The van der Waals surface area contributed by atoms with Crippen LogP contribution >= 0.6 is 0 Å². The van der Waals surface area contributed by atoms with Gasteiger partial charge in [0.15, 0.2) is 0 Å². The van der Waals surface area contributed by atoms with Crippen molar-refractivity contribution < 1.29 is 14.4 Å². The van der Waals surface area contributed by atoms with Crippen molar-refractivity contribution in [2.24, 2.45) is 0 Å². The molecule has 3 amide bonds. The predicted octanol–water partition coefficient (Wildman–Crippen LogP) is 3.36. The number of hydrogen-bond donors (Lipinski definition) is 1. The van der Waals surface area contributed by atoms with E-state index in [0.717, 1.165) is 23.6 Å². The first-order valence-corrected chi connectivity index (χ1v) is 11.1. The van der Waals surface area contributed by atoms with Crippen molar-refractivity contribution in [3.63, 3.8) is 0 Å². The zero-order valence-electron chi connectivity index (χ0n) is 18.0. The molecule has 0 bridgehead atoms. The Morgan fingerprint density at radius 2 is 1.61 bits per heavy atom. The number of rotatable bonds is 7. The number of benzene rings is 2. The molecule has 162 valence electrons. The summed E-state index contributed by atoms with van der Waals surface area (Å²) < 4.78 is 0. The number of hydrogen-bond acceptors (Lipinski definition) is 4. The van der Waals surface area contributed by atoms with Gasteiger partial charge in [-0.15, -0.1) is 0 Å². The minimum absolute atomic E-state index is 0.0884. The first kappa shape index (κ1) is 21.2. The number of likely N-dealkylation sites (tertiary alicyclic amines) is 1. The Balaban J connectivity index is 1.31. The van der Waals surface area contributed by atoms with Gasteiger partial charge in [-0.05, 0) is 49.6 Å². The molecule has 0 spiro atoms. The average molecular weight is 420 g/mol. The molecule has 2 aromatic rings. The molecule has 2 heterocycles. The lowest BCUT2D eigenvalue weighted by Gasteiger charge is -2.33. The Bertz CT molecular complexity index is 952. The van der Waals surface area contributed by atoms with E-state index in [0.29, 0.717) is 23.7 Å². The van der Waals surface area contributed by atoms with Crippen LogP contribution in [0.2, 0.25) is 0 Å². The van der Waals surface area contributed by atoms with E-state index in [1.807, 2.05) is 18.2 Å². The number of carbonyl (C=O) groups excluding carboxylic acids is 3. The fourth-order valence-corrected chi connectivity index (χ4v) is 4.43. The molecule has 0 aliphatic carbocycles. The van der Waals surface area contributed by atoms with Gasteiger partial charge in [-0.25, -0.2) is 0 Å². The topological polar surface area (TPSA) is 69.7 Å². The highest BCUT2D eigenvalue weighted by Gasteiger charge is 2.34. The molecule has 1 atom stereocenters. The molecule has 1 fully saturated rings.